The third-order valence-corrected chi connectivity index (χ3v) is 6.37. The lowest BCUT2D eigenvalue weighted by Crippen LogP contribution is -2.00. The van der Waals surface area contributed by atoms with Gasteiger partial charge < -0.3 is 14.4 Å². The van der Waals surface area contributed by atoms with E-state index in [9.17, 15) is 9.90 Å². The predicted octanol–water partition coefficient (Wildman–Crippen LogP) is 6.02. The zero-order valence-electron chi connectivity index (χ0n) is 17.8. The van der Waals surface area contributed by atoms with Crippen LogP contribution in [0.2, 0.25) is 0 Å². The first-order chi connectivity index (χ1) is 16.2. The molecule has 1 N–H and O–H groups in total. The molecule has 0 unspecified atom stereocenters. The van der Waals surface area contributed by atoms with Gasteiger partial charge in [-0.25, -0.2) is 4.98 Å². The molecule has 0 bridgehead atoms. The van der Waals surface area contributed by atoms with Crippen LogP contribution < -0.4 is 4.74 Å². The Kier molecular flexibility index (Phi) is 5.91. The summed E-state index contributed by atoms with van der Waals surface area (Å²) in [5.74, 6) is -0.138. The van der Waals surface area contributed by atoms with Crippen molar-refractivity contribution in [3.63, 3.8) is 0 Å². The Balaban J connectivity index is 1.42. The molecule has 0 radical (unpaired) electrons. The first-order valence-electron chi connectivity index (χ1n) is 10.7. The summed E-state index contributed by atoms with van der Waals surface area (Å²) in [4.78, 5) is 16.3. The van der Waals surface area contributed by atoms with Crippen molar-refractivity contribution >= 4 is 28.2 Å². The van der Waals surface area contributed by atoms with E-state index in [1.54, 1.807) is 11.3 Å². The zero-order valence-corrected chi connectivity index (χ0v) is 18.7. The molecule has 2 heterocycles. The molecule has 0 saturated carbocycles. The van der Waals surface area contributed by atoms with E-state index in [2.05, 4.69) is 22.1 Å². The minimum atomic E-state index is -0.857. The maximum absolute atomic E-state index is 11.5. The zero-order chi connectivity index (χ0) is 22.6. The SMILES string of the molecule is O=C(O)Cc1cn(Cc2csc(-c3ccccc3)n2)c2ccc(OCc3ccccc3)cc12. The van der Waals surface area contributed by atoms with E-state index in [-0.39, 0.29) is 6.42 Å². The lowest BCUT2D eigenvalue weighted by Gasteiger charge is -2.08. The van der Waals surface area contributed by atoms with E-state index in [4.69, 9.17) is 9.72 Å². The van der Waals surface area contributed by atoms with Crippen molar-refractivity contribution < 1.29 is 14.6 Å². The standard InChI is InChI=1S/C27H22N2O3S/c30-26(31)13-21-15-29(16-22-18-33-27(28-22)20-9-5-2-6-10-20)25-12-11-23(14-24(21)25)32-17-19-7-3-1-4-8-19/h1-12,14-15,18H,13,16-17H2,(H,30,31). The van der Waals surface area contributed by atoms with Crippen LogP contribution in [-0.4, -0.2) is 20.6 Å². The maximum Gasteiger partial charge on any atom is 0.307 e. The van der Waals surface area contributed by atoms with Gasteiger partial charge in [-0.05, 0) is 29.3 Å². The number of nitrogens with zero attached hydrogens (tertiary/aromatic N) is 2. The van der Waals surface area contributed by atoms with Crippen molar-refractivity contribution in [3.8, 4) is 16.3 Å². The van der Waals surface area contributed by atoms with Crippen molar-refractivity contribution in [1.29, 1.82) is 0 Å². The van der Waals surface area contributed by atoms with Crippen LogP contribution in [0.1, 0.15) is 16.8 Å². The molecule has 5 rings (SSSR count). The van der Waals surface area contributed by atoms with Gasteiger partial charge in [-0.3, -0.25) is 4.79 Å². The van der Waals surface area contributed by atoms with E-state index in [0.29, 0.717) is 13.2 Å². The van der Waals surface area contributed by atoms with Crippen LogP contribution in [0.5, 0.6) is 5.75 Å². The summed E-state index contributed by atoms with van der Waals surface area (Å²) in [6.07, 6.45) is 1.87. The van der Waals surface area contributed by atoms with Crippen molar-refractivity contribution in [2.75, 3.05) is 0 Å². The highest BCUT2D eigenvalue weighted by molar-refractivity contribution is 7.13. The molecule has 0 atom stereocenters. The van der Waals surface area contributed by atoms with Crippen molar-refractivity contribution in [1.82, 2.24) is 9.55 Å². The van der Waals surface area contributed by atoms with E-state index in [0.717, 1.165) is 44.0 Å². The Hall–Kier alpha value is -3.90. The summed E-state index contributed by atoms with van der Waals surface area (Å²) >= 11 is 1.61. The Bertz CT molecular complexity index is 1390. The predicted molar refractivity (Wildman–Crippen MR) is 131 cm³/mol. The lowest BCUT2D eigenvalue weighted by molar-refractivity contribution is -0.136. The fraction of sp³-hybridized carbons (Fsp3) is 0.111. The lowest BCUT2D eigenvalue weighted by atomic mass is 10.1. The highest BCUT2D eigenvalue weighted by atomic mass is 32.1. The summed E-state index contributed by atoms with van der Waals surface area (Å²) in [6.45, 7) is 1.03. The van der Waals surface area contributed by atoms with Crippen LogP contribution in [0.25, 0.3) is 21.5 Å². The normalized spacial score (nSPS) is 11.0. The molecular weight excluding hydrogens is 432 g/mol. The summed E-state index contributed by atoms with van der Waals surface area (Å²) in [5, 5.41) is 13.3. The number of ether oxygens (including phenoxy) is 1. The van der Waals surface area contributed by atoms with Gasteiger partial charge >= 0.3 is 5.97 Å². The first kappa shape index (κ1) is 21.0. The second-order valence-electron chi connectivity index (χ2n) is 7.82. The Labute approximate surface area is 195 Å². The number of aliphatic carboxylic acids is 1. The van der Waals surface area contributed by atoms with Gasteiger partial charge in [0.25, 0.3) is 0 Å². The number of carboxylic acid groups (broad SMARTS) is 1. The van der Waals surface area contributed by atoms with Crippen LogP contribution in [0.4, 0.5) is 0 Å². The Morgan fingerprint density at radius 2 is 1.76 bits per heavy atom. The maximum atomic E-state index is 11.5. The van der Waals surface area contributed by atoms with Crippen LogP contribution in [-0.2, 0) is 24.4 Å². The molecule has 0 spiro atoms. The average Bonchev–Trinajstić information content (AvgIpc) is 3.44. The van der Waals surface area contributed by atoms with E-state index in [1.807, 2.05) is 72.9 Å². The van der Waals surface area contributed by atoms with E-state index >= 15 is 0 Å². The molecule has 5 aromatic rings. The van der Waals surface area contributed by atoms with Gasteiger partial charge in [0.05, 0.1) is 18.7 Å². The topological polar surface area (TPSA) is 64.3 Å². The largest absolute Gasteiger partial charge is 0.489 e. The quantitative estimate of drug-likeness (QED) is 0.311. The fourth-order valence-corrected chi connectivity index (χ4v) is 4.70. The second kappa shape index (κ2) is 9.30. The summed E-state index contributed by atoms with van der Waals surface area (Å²) < 4.78 is 8.04. The molecule has 164 valence electrons. The number of carbonyl (C=O) groups is 1. The monoisotopic (exact) mass is 454 g/mol. The third kappa shape index (κ3) is 4.81. The number of hydrogen-bond acceptors (Lipinski definition) is 4. The Morgan fingerprint density at radius 3 is 2.52 bits per heavy atom. The molecule has 0 fully saturated rings. The first-order valence-corrected chi connectivity index (χ1v) is 11.5. The van der Waals surface area contributed by atoms with Crippen LogP contribution in [0, 0.1) is 0 Å². The van der Waals surface area contributed by atoms with Crippen molar-refractivity contribution in [2.24, 2.45) is 0 Å². The highest BCUT2D eigenvalue weighted by Gasteiger charge is 2.14. The smallest absolute Gasteiger partial charge is 0.307 e. The van der Waals surface area contributed by atoms with Gasteiger partial charge in [0, 0.05) is 28.0 Å². The molecule has 0 saturated heterocycles. The number of fused-ring (bicyclic) bond motifs is 1. The number of rotatable bonds is 8. The van der Waals surface area contributed by atoms with Crippen LogP contribution >= 0.6 is 11.3 Å². The number of aromatic nitrogens is 2. The fourth-order valence-electron chi connectivity index (χ4n) is 3.88. The van der Waals surface area contributed by atoms with Gasteiger partial charge in [-0.1, -0.05) is 60.7 Å². The van der Waals surface area contributed by atoms with Crippen LogP contribution in [0.3, 0.4) is 0 Å². The number of thiazole rings is 1. The molecular formula is C27H22N2O3S. The molecule has 6 heteroatoms. The minimum absolute atomic E-state index is 0.0437. The second-order valence-corrected chi connectivity index (χ2v) is 8.67. The highest BCUT2D eigenvalue weighted by Crippen LogP contribution is 2.29. The summed E-state index contributed by atoms with van der Waals surface area (Å²) in [7, 11) is 0. The van der Waals surface area contributed by atoms with Crippen molar-refractivity contribution in [3.05, 3.63) is 107 Å². The number of benzene rings is 3. The molecule has 5 nitrogen and oxygen atoms in total. The minimum Gasteiger partial charge on any atom is -0.489 e. The van der Waals surface area contributed by atoms with Gasteiger partial charge in [-0.15, -0.1) is 11.3 Å². The molecule has 0 aliphatic carbocycles. The molecule has 3 aromatic carbocycles. The van der Waals surface area contributed by atoms with Gasteiger partial charge in [0.1, 0.15) is 17.4 Å². The van der Waals surface area contributed by atoms with E-state index in [1.165, 1.54) is 0 Å². The molecule has 33 heavy (non-hydrogen) atoms. The number of carboxylic acids is 1. The molecule has 0 amide bonds. The third-order valence-electron chi connectivity index (χ3n) is 5.43. The molecule has 0 aliphatic rings. The Morgan fingerprint density at radius 1 is 1.00 bits per heavy atom. The van der Waals surface area contributed by atoms with Gasteiger partial charge in [0.2, 0.25) is 0 Å². The summed E-state index contributed by atoms with van der Waals surface area (Å²) in [5.41, 5.74) is 4.85. The van der Waals surface area contributed by atoms with Gasteiger partial charge in [0.15, 0.2) is 0 Å². The van der Waals surface area contributed by atoms with E-state index < -0.39 is 5.97 Å². The summed E-state index contributed by atoms with van der Waals surface area (Å²) in [6, 6.07) is 25.9. The van der Waals surface area contributed by atoms with Gasteiger partial charge in [-0.2, -0.15) is 0 Å². The molecule has 0 aliphatic heterocycles. The van der Waals surface area contributed by atoms with Crippen molar-refractivity contribution in [2.45, 2.75) is 19.6 Å². The average molecular weight is 455 g/mol. The number of hydrogen-bond donors (Lipinski definition) is 1. The molecule has 2 aromatic heterocycles. The van der Waals surface area contributed by atoms with Crippen LogP contribution in [0.15, 0.2) is 90.4 Å².